The highest BCUT2D eigenvalue weighted by Gasteiger charge is 2.00. The first-order valence-electron chi connectivity index (χ1n) is 6.06. The normalized spacial score (nSPS) is 10.4. The fourth-order valence-electron chi connectivity index (χ4n) is 2.04. The van der Waals surface area contributed by atoms with Gasteiger partial charge in [0.25, 0.3) is 0 Å². The molecule has 0 radical (unpaired) electrons. The van der Waals surface area contributed by atoms with Gasteiger partial charge >= 0.3 is 0 Å². The molecule has 2 heteroatoms. The number of hydrogen-bond donors (Lipinski definition) is 0. The van der Waals surface area contributed by atoms with Crippen LogP contribution < -0.4 is 4.74 Å². The summed E-state index contributed by atoms with van der Waals surface area (Å²) in [6.07, 6.45) is 0. The van der Waals surface area contributed by atoms with Gasteiger partial charge in [-0.15, -0.1) is 11.6 Å². The number of aryl methyl sites for hydroxylation is 2. The molecule has 0 spiro atoms. The van der Waals surface area contributed by atoms with E-state index >= 15 is 0 Å². The number of hydrogen-bond acceptors (Lipinski definition) is 1. The van der Waals surface area contributed by atoms with Crippen molar-refractivity contribution >= 4 is 11.6 Å². The van der Waals surface area contributed by atoms with Crippen molar-refractivity contribution in [2.45, 2.75) is 13.8 Å². The van der Waals surface area contributed by atoms with E-state index in [2.05, 4.69) is 44.2 Å². The van der Waals surface area contributed by atoms with Crippen LogP contribution in [-0.4, -0.2) is 12.5 Å². The molecule has 0 aromatic heterocycles. The molecule has 0 heterocycles. The van der Waals surface area contributed by atoms with E-state index in [0.29, 0.717) is 12.5 Å². The fraction of sp³-hybridized carbons (Fsp3) is 0.250. The number of ether oxygens (including phenoxy) is 1. The highest BCUT2D eigenvalue weighted by Crippen LogP contribution is 2.24. The molecule has 0 bridgehead atoms. The maximum absolute atomic E-state index is 5.59. The first-order chi connectivity index (χ1) is 8.69. The summed E-state index contributed by atoms with van der Waals surface area (Å²) in [5.74, 6) is 1.38. The van der Waals surface area contributed by atoms with Gasteiger partial charge in [-0.3, -0.25) is 0 Å². The van der Waals surface area contributed by atoms with E-state index in [9.17, 15) is 0 Å². The molecule has 0 amide bonds. The molecule has 0 saturated carbocycles. The SMILES string of the molecule is Cc1cc(C)cc(-c2ccc(OCCCl)cc2)c1. The van der Waals surface area contributed by atoms with Crippen LogP contribution in [-0.2, 0) is 0 Å². The van der Waals surface area contributed by atoms with E-state index in [1.807, 2.05) is 12.1 Å². The molecule has 94 valence electrons. The maximum Gasteiger partial charge on any atom is 0.119 e. The quantitative estimate of drug-likeness (QED) is 0.731. The van der Waals surface area contributed by atoms with Crippen molar-refractivity contribution in [3.63, 3.8) is 0 Å². The van der Waals surface area contributed by atoms with Crippen molar-refractivity contribution < 1.29 is 4.74 Å². The average molecular weight is 261 g/mol. The standard InChI is InChI=1S/C16H17ClO/c1-12-9-13(2)11-15(10-12)14-3-5-16(6-4-14)18-8-7-17/h3-6,9-11H,7-8H2,1-2H3. The molecule has 18 heavy (non-hydrogen) atoms. The summed E-state index contributed by atoms with van der Waals surface area (Å²) in [6, 6.07) is 14.7. The van der Waals surface area contributed by atoms with Gasteiger partial charge in [-0.25, -0.2) is 0 Å². The van der Waals surface area contributed by atoms with Crippen LogP contribution in [0.3, 0.4) is 0 Å². The van der Waals surface area contributed by atoms with Gasteiger partial charge in [0.15, 0.2) is 0 Å². The van der Waals surface area contributed by atoms with E-state index < -0.39 is 0 Å². The van der Waals surface area contributed by atoms with Gasteiger partial charge in [0.05, 0.1) is 5.88 Å². The molecule has 1 nitrogen and oxygen atoms in total. The Morgan fingerprint density at radius 2 is 1.50 bits per heavy atom. The van der Waals surface area contributed by atoms with Crippen molar-refractivity contribution in [1.29, 1.82) is 0 Å². The van der Waals surface area contributed by atoms with Crippen molar-refractivity contribution in [1.82, 2.24) is 0 Å². The Morgan fingerprint density at radius 3 is 2.06 bits per heavy atom. The summed E-state index contributed by atoms with van der Waals surface area (Å²) >= 11 is 5.59. The second kappa shape index (κ2) is 5.92. The molecule has 0 atom stereocenters. The van der Waals surface area contributed by atoms with Crippen molar-refractivity contribution in [2.24, 2.45) is 0 Å². The van der Waals surface area contributed by atoms with Crippen LogP contribution in [0.5, 0.6) is 5.75 Å². The van der Waals surface area contributed by atoms with Crippen LogP contribution in [0, 0.1) is 13.8 Å². The van der Waals surface area contributed by atoms with Crippen LogP contribution in [0.1, 0.15) is 11.1 Å². The van der Waals surface area contributed by atoms with Gasteiger partial charge in [-0.05, 0) is 37.1 Å². The first-order valence-corrected chi connectivity index (χ1v) is 6.60. The maximum atomic E-state index is 5.59. The molecule has 2 aromatic carbocycles. The minimum absolute atomic E-state index is 0.513. The number of benzene rings is 2. The Balaban J connectivity index is 2.23. The van der Waals surface area contributed by atoms with Gasteiger partial charge in [-0.2, -0.15) is 0 Å². The highest BCUT2D eigenvalue weighted by atomic mass is 35.5. The zero-order chi connectivity index (χ0) is 13.0. The van der Waals surface area contributed by atoms with Crippen LogP contribution >= 0.6 is 11.6 Å². The zero-order valence-corrected chi connectivity index (χ0v) is 11.5. The zero-order valence-electron chi connectivity index (χ0n) is 10.7. The van der Waals surface area contributed by atoms with Gasteiger partial charge in [0, 0.05) is 0 Å². The second-order valence-electron chi connectivity index (χ2n) is 4.44. The molecule has 0 aliphatic rings. The van der Waals surface area contributed by atoms with Crippen LogP contribution in [0.25, 0.3) is 11.1 Å². The van der Waals surface area contributed by atoms with Crippen molar-refractivity contribution in [3.8, 4) is 16.9 Å². The molecular formula is C16H17ClO. The van der Waals surface area contributed by atoms with Crippen molar-refractivity contribution in [2.75, 3.05) is 12.5 Å². The largest absolute Gasteiger partial charge is 0.492 e. The predicted octanol–water partition coefficient (Wildman–Crippen LogP) is 4.59. The second-order valence-corrected chi connectivity index (χ2v) is 4.82. The summed E-state index contributed by atoms with van der Waals surface area (Å²) in [7, 11) is 0. The van der Waals surface area contributed by atoms with Crippen LogP contribution in [0.2, 0.25) is 0 Å². The van der Waals surface area contributed by atoms with E-state index in [1.54, 1.807) is 0 Å². The van der Waals surface area contributed by atoms with Gasteiger partial charge in [0.1, 0.15) is 12.4 Å². The molecule has 0 unspecified atom stereocenters. The molecule has 0 aliphatic carbocycles. The molecule has 0 fully saturated rings. The Hall–Kier alpha value is -1.47. The molecule has 0 N–H and O–H groups in total. The Kier molecular flexibility index (Phi) is 4.27. The minimum Gasteiger partial charge on any atom is -0.492 e. The van der Waals surface area contributed by atoms with E-state index in [1.165, 1.54) is 22.3 Å². The van der Waals surface area contributed by atoms with Crippen LogP contribution in [0.15, 0.2) is 42.5 Å². The highest BCUT2D eigenvalue weighted by molar-refractivity contribution is 6.18. The summed E-state index contributed by atoms with van der Waals surface area (Å²) in [4.78, 5) is 0. The summed E-state index contributed by atoms with van der Waals surface area (Å²) in [5, 5.41) is 0. The Morgan fingerprint density at radius 1 is 0.889 bits per heavy atom. The number of alkyl halides is 1. The lowest BCUT2D eigenvalue weighted by Crippen LogP contribution is -1.97. The molecule has 2 aromatic rings. The smallest absolute Gasteiger partial charge is 0.119 e. The number of rotatable bonds is 4. The predicted molar refractivity (Wildman–Crippen MR) is 77.6 cm³/mol. The van der Waals surface area contributed by atoms with Gasteiger partial charge in [-0.1, -0.05) is 41.5 Å². The average Bonchev–Trinajstić information content (AvgIpc) is 2.36. The lowest BCUT2D eigenvalue weighted by molar-refractivity contribution is 0.343. The molecule has 0 aliphatic heterocycles. The molecule has 2 rings (SSSR count). The third kappa shape index (κ3) is 3.27. The Labute approximate surface area is 113 Å². The topological polar surface area (TPSA) is 9.23 Å². The van der Waals surface area contributed by atoms with E-state index in [4.69, 9.17) is 16.3 Å². The van der Waals surface area contributed by atoms with Gasteiger partial charge in [0.2, 0.25) is 0 Å². The van der Waals surface area contributed by atoms with E-state index in [-0.39, 0.29) is 0 Å². The molecule has 0 saturated heterocycles. The molecular weight excluding hydrogens is 244 g/mol. The number of halogens is 1. The fourth-order valence-corrected chi connectivity index (χ4v) is 2.12. The summed E-state index contributed by atoms with van der Waals surface area (Å²) in [5.41, 5.74) is 5.02. The monoisotopic (exact) mass is 260 g/mol. The van der Waals surface area contributed by atoms with Crippen molar-refractivity contribution in [3.05, 3.63) is 53.6 Å². The lowest BCUT2D eigenvalue weighted by atomic mass is 10.0. The minimum atomic E-state index is 0.513. The summed E-state index contributed by atoms with van der Waals surface area (Å²) < 4.78 is 5.46. The third-order valence-electron chi connectivity index (χ3n) is 2.76. The first kappa shape index (κ1) is 13.0. The van der Waals surface area contributed by atoms with Crippen LogP contribution in [0.4, 0.5) is 0 Å². The third-order valence-corrected chi connectivity index (χ3v) is 2.91. The lowest BCUT2D eigenvalue weighted by Gasteiger charge is -2.07. The van der Waals surface area contributed by atoms with E-state index in [0.717, 1.165) is 5.75 Å². The summed E-state index contributed by atoms with van der Waals surface area (Å²) in [6.45, 7) is 4.79. The van der Waals surface area contributed by atoms with Gasteiger partial charge < -0.3 is 4.74 Å². The Bertz CT molecular complexity index is 497.